The van der Waals surface area contributed by atoms with Gasteiger partial charge in [0, 0.05) is 30.4 Å². The van der Waals surface area contributed by atoms with Gasteiger partial charge in [0.2, 0.25) is 0 Å². The molecule has 0 spiro atoms. The molecule has 0 heterocycles. The Labute approximate surface area is 125 Å². The Morgan fingerprint density at radius 1 is 1.33 bits per heavy atom. The summed E-state index contributed by atoms with van der Waals surface area (Å²) in [5, 5.41) is 8.76. The summed E-state index contributed by atoms with van der Waals surface area (Å²) in [6, 6.07) is 4.98. The highest BCUT2D eigenvalue weighted by Crippen LogP contribution is 2.31. The maximum Gasteiger partial charge on any atom is 0.328 e. The van der Waals surface area contributed by atoms with E-state index in [1.807, 2.05) is 7.05 Å². The fourth-order valence-electron chi connectivity index (χ4n) is 2.97. The van der Waals surface area contributed by atoms with Crippen LogP contribution in [0.15, 0.2) is 24.3 Å². The lowest BCUT2D eigenvalue weighted by Crippen LogP contribution is -2.35. The summed E-state index contributed by atoms with van der Waals surface area (Å²) < 4.78 is 13.4. The Kier molecular flexibility index (Phi) is 4.99. The van der Waals surface area contributed by atoms with E-state index in [0.717, 1.165) is 30.5 Å². The van der Waals surface area contributed by atoms with E-state index in [2.05, 4.69) is 11.8 Å². The standard InChI is InChI=1S/C17H22FNO2/c1-12-3-7-15(8-4-12)19(2)16-9-6-14(18)11-13(16)5-10-17(20)21/h5-6,9-12,15H,3-4,7-8H2,1-2H3,(H,20,21). The van der Waals surface area contributed by atoms with Crippen LogP contribution < -0.4 is 4.90 Å². The molecule has 0 amide bonds. The highest BCUT2D eigenvalue weighted by molar-refractivity contribution is 5.87. The summed E-state index contributed by atoms with van der Waals surface area (Å²) in [4.78, 5) is 12.8. The minimum atomic E-state index is -1.03. The van der Waals surface area contributed by atoms with Crippen LogP contribution >= 0.6 is 0 Å². The van der Waals surface area contributed by atoms with Gasteiger partial charge in [0.25, 0.3) is 0 Å². The van der Waals surface area contributed by atoms with Crippen LogP contribution in [0.3, 0.4) is 0 Å². The summed E-state index contributed by atoms with van der Waals surface area (Å²) >= 11 is 0. The zero-order chi connectivity index (χ0) is 15.4. The maximum absolute atomic E-state index is 13.4. The Bertz CT molecular complexity index is 534. The molecular formula is C17H22FNO2. The third-order valence-corrected chi connectivity index (χ3v) is 4.31. The largest absolute Gasteiger partial charge is 0.478 e. The lowest BCUT2D eigenvalue weighted by molar-refractivity contribution is -0.131. The molecule has 0 radical (unpaired) electrons. The fourth-order valence-corrected chi connectivity index (χ4v) is 2.97. The molecule has 1 fully saturated rings. The number of carboxylic acid groups (broad SMARTS) is 1. The van der Waals surface area contributed by atoms with Crippen LogP contribution in [0.4, 0.5) is 10.1 Å². The molecule has 4 heteroatoms. The lowest BCUT2D eigenvalue weighted by atomic mass is 9.86. The molecule has 1 aromatic rings. The van der Waals surface area contributed by atoms with Crippen molar-refractivity contribution in [2.24, 2.45) is 5.92 Å². The molecule has 0 aromatic heterocycles. The molecule has 0 aliphatic heterocycles. The minimum Gasteiger partial charge on any atom is -0.478 e. The molecule has 21 heavy (non-hydrogen) atoms. The topological polar surface area (TPSA) is 40.5 Å². The summed E-state index contributed by atoms with van der Waals surface area (Å²) in [5.41, 5.74) is 1.49. The molecular weight excluding hydrogens is 269 g/mol. The van der Waals surface area contributed by atoms with Gasteiger partial charge in [-0.05, 0) is 55.9 Å². The van der Waals surface area contributed by atoms with Crippen molar-refractivity contribution in [3.05, 3.63) is 35.7 Å². The van der Waals surface area contributed by atoms with Crippen molar-refractivity contribution in [1.29, 1.82) is 0 Å². The Balaban J connectivity index is 2.23. The number of hydrogen-bond donors (Lipinski definition) is 1. The number of nitrogens with zero attached hydrogens (tertiary/aromatic N) is 1. The van der Waals surface area contributed by atoms with E-state index in [0.29, 0.717) is 11.6 Å². The monoisotopic (exact) mass is 291 g/mol. The molecule has 0 saturated heterocycles. The zero-order valence-corrected chi connectivity index (χ0v) is 12.6. The van der Waals surface area contributed by atoms with Gasteiger partial charge in [0.1, 0.15) is 5.82 Å². The highest BCUT2D eigenvalue weighted by atomic mass is 19.1. The van der Waals surface area contributed by atoms with Crippen molar-refractivity contribution in [3.63, 3.8) is 0 Å². The van der Waals surface area contributed by atoms with Gasteiger partial charge in [-0.15, -0.1) is 0 Å². The lowest BCUT2D eigenvalue weighted by Gasteiger charge is -2.35. The van der Waals surface area contributed by atoms with E-state index in [-0.39, 0.29) is 5.82 Å². The number of aliphatic carboxylic acids is 1. The third-order valence-electron chi connectivity index (χ3n) is 4.31. The maximum atomic E-state index is 13.4. The van der Waals surface area contributed by atoms with Gasteiger partial charge in [-0.1, -0.05) is 6.92 Å². The molecule has 0 unspecified atom stereocenters. The molecule has 114 valence electrons. The summed E-state index contributed by atoms with van der Waals surface area (Å²) in [6.07, 6.45) is 7.17. The first-order valence-electron chi connectivity index (χ1n) is 7.40. The van der Waals surface area contributed by atoms with Gasteiger partial charge in [-0.25, -0.2) is 9.18 Å². The molecule has 1 aliphatic rings. The van der Waals surface area contributed by atoms with Crippen LogP contribution in [0.1, 0.15) is 38.2 Å². The Hall–Kier alpha value is -1.84. The summed E-state index contributed by atoms with van der Waals surface area (Å²) in [6.45, 7) is 2.27. The van der Waals surface area contributed by atoms with E-state index in [9.17, 15) is 9.18 Å². The number of benzene rings is 1. The third kappa shape index (κ3) is 4.06. The smallest absolute Gasteiger partial charge is 0.328 e. The number of carboxylic acids is 1. The van der Waals surface area contributed by atoms with Gasteiger partial charge < -0.3 is 10.0 Å². The predicted octanol–water partition coefficient (Wildman–Crippen LogP) is 3.94. The van der Waals surface area contributed by atoms with Crippen LogP contribution in [0.25, 0.3) is 6.08 Å². The molecule has 1 aliphatic carbocycles. The molecule has 0 bridgehead atoms. The van der Waals surface area contributed by atoms with Crippen molar-refractivity contribution >= 4 is 17.7 Å². The molecule has 1 saturated carbocycles. The van der Waals surface area contributed by atoms with Crippen molar-refractivity contribution in [3.8, 4) is 0 Å². The first-order chi connectivity index (χ1) is 9.97. The second-order valence-corrected chi connectivity index (χ2v) is 5.90. The van der Waals surface area contributed by atoms with Crippen molar-refractivity contribution in [2.75, 3.05) is 11.9 Å². The van der Waals surface area contributed by atoms with E-state index in [4.69, 9.17) is 5.11 Å². The van der Waals surface area contributed by atoms with Crippen LogP contribution in [0, 0.1) is 11.7 Å². The van der Waals surface area contributed by atoms with E-state index >= 15 is 0 Å². The molecule has 3 nitrogen and oxygen atoms in total. The van der Waals surface area contributed by atoms with Gasteiger partial charge in [0.15, 0.2) is 0 Å². The second-order valence-electron chi connectivity index (χ2n) is 5.90. The van der Waals surface area contributed by atoms with Crippen LogP contribution in [-0.4, -0.2) is 24.2 Å². The quantitative estimate of drug-likeness (QED) is 0.854. The normalized spacial score (nSPS) is 22.4. The minimum absolute atomic E-state index is 0.352. The first kappa shape index (κ1) is 15.5. The van der Waals surface area contributed by atoms with Crippen molar-refractivity contribution < 1.29 is 14.3 Å². The number of rotatable bonds is 4. The first-order valence-corrected chi connectivity index (χ1v) is 7.40. The van der Waals surface area contributed by atoms with Crippen molar-refractivity contribution in [1.82, 2.24) is 0 Å². The average molecular weight is 291 g/mol. The number of carbonyl (C=O) groups is 1. The van der Waals surface area contributed by atoms with Gasteiger partial charge in [-0.3, -0.25) is 0 Å². The SMILES string of the molecule is CC1CCC(N(C)c2ccc(F)cc2C=CC(=O)O)CC1. The average Bonchev–Trinajstić information content (AvgIpc) is 2.45. The number of halogens is 1. The second kappa shape index (κ2) is 6.74. The summed E-state index contributed by atoms with van der Waals surface area (Å²) in [7, 11) is 2.01. The van der Waals surface area contributed by atoms with Crippen LogP contribution in [-0.2, 0) is 4.79 Å². The zero-order valence-electron chi connectivity index (χ0n) is 12.6. The van der Waals surface area contributed by atoms with E-state index in [1.165, 1.54) is 31.1 Å². The Morgan fingerprint density at radius 3 is 2.62 bits per heavy atom. The van der Waals surface area contributed by atoms with Gasteiger partial charge in [0.05, 0.1) is 0 Å². The van der Waals surface area contributed by atoms with Gasteiger partial charge >= 0.3 is 5.97 Å². The number of hydrogen-bond acceptors (Lipinski definition) is 2. The molecule has 0 atom stereocenters. The van der Waals surface area contributed by atoms with Crippen molar-refractivity contribution in [2.45, 2.75) is 38.6 Å². The fraction of sp³-hybridized carbons (Fsp3) is 0.471. The number of anilines is 1. The Morgan fingerprint density at radius 2 is 2.00 bits per heavy atom. The molecule has 1 N–H and O–H groups in total. The van der Waals surface area contributed by atoms with E-state index in [1.54, 1.807) is 6.07 Å². The highest BCUT2D eigenvalue weighted by Gasteiger charge is 2.23. The molecule has 2 rings (SSSR count). The molecule has 1 aromatic carbocycles. The van der Waals surface area contributed by atoms with Crippen LogP contribution in [0.2, 0.25) is 0 Å². The predicted molar refractivity (Wildman–Crippen MR) is 82.9 cm³/mol. The summed E-state index contributed by atoms with van der Waals surface area (Å²) in [5.74, 6) is -0.608. The van der Waals surface area contributed by atoms with Gasteiger partial charge in [-0.2, -0.15) is 0 Å². The van der Waals surface area contributed by atoms with E-state index < -0.39 is 5.97 Å². The van der Waals surface area contributed by atoms with Crippen LogP contribution in [0.5, 0.6) is 0 Å².